The van der Waals surface area contributed by atoms with Gasteiger partial charge < -0.3 is 14.1 Å². The Morgan fingerprint density at radius 1 is 1.16 bits per heavy atom. The molecule has 1 aromatic carbocycles. The van der Waals surface area contributed by atoms with Crippen molar-refractivity contribution in [2.75, 3.05) is 32.8 Å². The normalized spacial score (nSPS) is 24.6. The van der Waals surface area contributed by atoms with E-state index in [1.807, 2.05) is 11.0 Å². The molecule has 5 heteroatoms. The van der Waals surface area contributed by atoms with Gasteiger partial charge in [0.15, 0.2) is 0 Å². The number of hydrogen-bond acceptors (Lipinski definition) is 4. The smallest absolute Gasteiger partial charge is 0.257 e. The van der Waals surface area contributed by atoms with Crippen molar-refractivity contribution < 1.29 is 13.9 Å². The second-order valence-corrected chi connectivity index (χ2v) is 6.91. The summed E-state index contributed by atoms with van der Waals surface area (Å²) in [7, 11) is 0. The maximum atomic E-state index is 12.7. The number of nitrogens with zero attached hydrogens (tertiary/aromatic N) is 2. The average Bonchev–Trinajstić information content (AvgIpc) is 3.12. The molecule has 5 nitrogen and oxygen atoms in total. The Hall–Kier alpha value is -2.11. The molecule has 1 aromatic heterocycles. The summed E-state index contributed by atoms with van der Waals surface area (Å²) in [6.07, 6.45) is 4.08. The first kappa shape index (κ1) is 16.4. The number of rotatable bonds is 3. The second kappa shape index (κ2) is 7.42. The van der Waals surface area contributed by atoms with Gasteiger partial charge in [-0.25, -0.2) is 0 Å². The van der Waals surface area contributed by atoms with Crippen LogP contribution in [-0.2, 0) is 11.3 Å². The zero-order chi connectivity index (χ0) is 17.1. The number of ether oxygens (including phenoxy) is 1. The number of likely N-dealkylation sites (tertiary alicyclic amines) is 1. The Bertz CT molecular complexity index is 686. The van der Waals surface area contributed by atoms with Crippen molar-refractivity contribution in [3.05, 3.63) is 60.1 Å². The third kappa shape index (κ3) is 3.62. The molecule has 0 N–H and O–H groups in total. The number of furan rings is 1. The van der Waals surface area contributed by atoms with Gasteiger partial charge >= 0.3 is 0 Å². The Morgan fingerprint density at radius 2 is 2.04 bits per heavy atom. The first-order chi connectivity index (χ1) is 12.3. The zero-order valence-corrected chi connectivity index (χ0v) is 14.3. The van der Waals surface area contributed by atoms with Crippen LogP contribution >= 0.6 is 0 Å². The number of amides is 1. The van der Waals surface area contributed by atoms with Gasteiger partial charge in [-0.05, 0) is 18.1 Å². The lowest BCUT2D eigenvalue weighted by atomic mass is 9.90. The van der Waals surface area contributed by atoms with Crippen molar-refractivity contribution in [3.63, 3.8) is 0 Å². The summed E-state index contributed by atoms with van der Waals surface area (Å²) in [5, 5.41) is 0. The third-order valence-corrected chi connectivity index (χ3v) is 5.33. The number of fused-ring (bicyclic) bond motifs is 1. The molecule has 2 fully saturated rings. The summed E-state index contributed by atoms with van der Waals surface area (Å²) in [5.74, 6) is 0.552. The lowest BCUT2D eigenvalue weighted by molar-refractivity contribution is 0.0370. The van der Waals surface area contributed by atoms with E-state index in [0.29, 0.717) is 17.5 Å². The minimum Gasteiger partial charge on any atom is -0.472 e. The van der Waals surface area contributed by atoms with Crippen LogP contribution in [0.5, 0.6) is 0 Å². The van der Waals surface area contributed by atoms with E-state index in [4.69, 9.17) is 9.15 Å². The predicted octanol–water partition coefficient (Wildman–Crippen LogP) is 2.64. The molecule has 2 aliphatic heterocycles. The van der Waals surface area contributed by atoms with Crippen LogP contribution in [-0.4, -0.2) is 54.6 Å². The Labute approximate surface area is 148 Å². The molecular formula is C20H24N2O3. The fraction of sp³-hybridized carbons (Fsp3) is 0.450. The largest absolute Gasteiger partial charge is 0.472 e. The summed E-state index contributed by atoms with van der Waals surface area (Å²) in [5.41, 5.74) is 1.94. The second-order valence-electron chi connectivity index (χ2n) is 6.91. The SMILES string of the molecule is O=C(c1ccoc1)N1CC[C@@H]2COCCN(Cc3ccccc3)[C@@H]2C1. The van der Waals surface area contributed by atoms with Crippen molar-refractivity contribution in [1.82, 2.24) is 9.80 Å². The fourth-order valence-electron chi connectivity index (χ4n) is 3.94. The molecule has 25 heavy (non-hydrogen) atoms. The lowest BCUT2D eigenvalue weighted by Crippen LogP contribution is -2.54. The molecule has 0 spiro atoms. The number of benzene rings is 1. The van der Waals surface area contributed by atoms with Crippen LogP contribution in [0.3, 0.4) is 0 Å². The molecule has 3 heterocycles. The van der Waals surface area contributed by atoms with Crippen LogP contribution in [0.1, 0.15) is 22.3 Å². The van der Waals surface area contributed by atoms with Gasteiger partial charge in [0.05, 0.1) is 25.0 Å². The Balaban J connectivity index is 1.51. The van der Waals surface area contributed by atoms with Gasteiger partial charge in [-0.1, -0.05) is 30.3 Å². The number of hydrogen-bond donors (Lipinski definition) is 0. The maximum absolute atomic E-state index is 12.7. The minimum atomic E-state index is 0.0667. The van der Waals surface area contributed by atoms with E-state index in [1.165, 1.54) is 11.8 Å². The topological polar surface area (TPSA) is 45.9 Å². The highest BCUT2D eigenvalue weighted by molar-refractivity contribution is 5.93. The van der Waals surface area contributed by atoms with Crippen molar-refractivity contribution in [1.29, 1.82) is 0 Å². The van der Waals surface area contributed by atoms with Crippen molar-refractivity contribution in [2.45, 2.75) is 19.0 Å². The van der Waals surface area contributed by atoms with Crippen LogP contribution in [0, 0.1) is 5.92 Å². The van der Waals surface area contributed by atoms with Gasteiger partial charge in [0.25, 0.3) is 5.91 Å². The molecule has 4 rings (SSSR count). The summed E-state index contributed by atoms with van der Waals surface area (Å²) in [6, 6.07) is 12.6. The summed E-state index contributed by atoms with van der Waals surface area (Å²) < 4.78 is 10.9. The maximum Gasteiger partial charge on any atom is 0.257 e. The van der Waals surface area contributed by atoms with Crippen LogP contribution < -0.4 is 0 Å². The molecule has 2 saturated heterocycles. The highest BCUT2D eigenvalue weighted by Gasteiger charge is 2.37. The van der Waals surface area contributed by atoms with Gasteiger partial charge in [-0.2, -0.15) is 0 Å². The first-order valence-corrected chi connectivity index (χ1v) is 8.98. The highest BCUT2D eigenvalue weighted by atomic mass is 16.5. The van der Waals surface area contributed by atoms with Crippen molar-refractivity contribution in [3.8, 4) is 0 Å². The molecule has 2 aliphatic rings. The molecule has 0 saturated carbocycles. The minimum absolute atomic E-state index is 0.0667. The van der Waals surface area contributed by atoms with Gasteiger partial charge in [-0.15, -0.1) is 0 Å². The average molecular weight is 340 g/mol. The Morgan fingerprint density at radius 3 is 2.84 bits per heavy atom. The first-order valence-electron chi connectivity index (χ1n) is 8.98. The summed E-state index contributed by atoms with van der Waals surface area (Å²) in [4.78, 5) is 17.2. The van der Waals surface area contributed by atoms with Crippen LogP contribution in [0.4, 0.5) is 0 Å². The third-order valence-electron chi connectivity index (χ3n) is 5.33. The van der Waals surface area contributed by atoms with Gasteiger partial charge in [0, 0.05) is 38.1 Å². The fourth-order valence-corrected chi connectivity index (χ4v) is 3.94. The number of piperidine rings is 1. The monoisotopic (exact) mass is 340 g/mol. The van der Waals surface area contributed by atoms with Crippen molar-refractivity contribution in [2.24, 2.45) is 5.92 Å². The van der Waals surface area contributed by atoms with Gasteiger partial charge in [0.2, 0.25) is 0 Å². The van der Waals surface area contributed by atoms with E-state index in [0.717, 1.165) is 45.8 Å². The van der Waals surface area contributed by atoms with Crippen molar-refractivity contribution >= 4 is 5.91 Å². The van der Waals surface area contributed by atoms with E-state index in [-0.39, 0.29) is 5.91 Å². The van der Waals surface area contributed by atoms with Crippen LogP contribution in [0.2, 0.25) is 0 Å². The Kier molecular flexibility index (Phi) is 4.85. The van der Waals surface area contributed by atoms with E-state index in [2.05, 4.69) is 29.2 Å². The molecule has 2 aromatic rings. The molecule has 0 unspecified atom stereocenters. The van der Waals surface area contributed by atoms with Gasteiger partial charge in [-0.3, -0.25) is 9.69 Å². The highest BCUT2D eigenvalue weighted by Crippen LogP contribution is 2.27. The predicted molar refractivity (Wildman–Crippen MR) is 94.2 cm³/mol. The number of carbonyl (C=O) groups is 1. The zero-order valence-electron chi connectivity index (χ0n) is 14.3. The molecule has 0 bridgehead atoms. The van der Waals surface area contributed by atoms with Crippen LogP contribution in [0.25, 0.3) is 0 Å². The number of carbonyl (C=O) groups excluding carboxylic acids is 1. The van der Waals surface area contributed by atoms with E-state index < -0.39 is 0 Å². The lowest BCUT2D eigenvalue weighted by Gasteiger charge is -2.42. The molecule has 0 aliphatic carbocycles. The summed E-state index contributed by atoms with van der Waals surface area (Å²) >= 11 is 0. The quantitative estimate of drug-likeness (QED) is 0.862. The molecule has 1 amide bonds. The summed E-state index contributed by atoms with van der Waals surface area (Å²) in [6.45, 7) is 4.90. The molecule has 2 atom stereocenters. The van der Waals surface area contributed by atoms with E-state index >= 15 is 0 Å². The molecule has 132 valence electrons. The van der Waals surface area contributed by atoms with E-state index in [1.54, 1.807) is 12.3 Å². The molecule has 0 radical (unpaired) electrons. The van der Waals surface area contributed by atoms with Gasteiger partial charge in [0.1, 0.15) is 6.26 Å². The molecular weight excluding hydrogens is 316 g/mol. The van der Waals surface area contributed by atoms with E-state index in [9.17, 15) is 4.79 Å². The standard InChI is InChI=1S/C20H24N2O3/c23-20(18-7-10-24-15-18)22-8-6-17-14-25-11-9-21(19(17)13-22)12-16-4-2-1-3-5-16/h1-5,7,10,15,17,19H,6,8-9,11-14H2/t17-,19-/m1/s1. The van der Waals surface area contributed by atoms with Crippen LogP contribution in [0.15, 0.2) is 53.3 Å².